The van der Waals surface area contributed by atoms with Crippen molar-refractivity contribution in [2.24, 2.45) is 0 Å². The second-order valence-electron chi connectivity index (χ2n) is 6.85. The van der Waals surface area contributed by atoms with Crippen LogP contribution in [0.25, 0.3) is 0 Å². The molecule has 0 aromatic carbocycles. The standard InChI is InChI=1S/C16H31N3O2/c1-4-17-9-11-19(12-10-17)15(20)13-16(21)5-7-18(8-6-16)14(2)3/h14,21H,4-13H2,1-3H3. The van der Waals surface area contributed by atoms with Gasteiger partial charge in [0.1, 0.15) is 0 Å². The van der Waals surface area contributed by atoms with Gasteiger partial charge in [-0.2, -0.15) is 0 Å². The average molecular weight is 297 g/mol. The molecular formula is C16H31N3O2. The summed E-state index contributed by atoms with van der Waals surface area (Å²) in [5.41, 5.74) is -0.787. The largest absolute Gasteiger partial charge is 0.389 e. The number of carbonyl (C=O) groups excluding carboxylic acids is 1. The van der Waals surface area contributed by atoms with Crippen LogP contribution in [0.15, 0.2) is 0 Å². The fraction of sp³-hybridized carbons (Fsp3) is 0.938. The number of nitrogens with zero attached hydrogens (tertiary/aromatic N) is 3. The topological polar surface area (TPSA) is 47.0 Å². The molecule has 0 atom stereocenters. The lowest BCUT2D eigenvalue weighted by Crippen LogP contribution is -2.52. The summed E-state index contributed by atoms with van der Waals surface area (Å²) in [5.74, 6) is 0.131. The highest BCUT2D eigenvalue weighted by molar-refractivity contribution is 5.77. The Labute approximate surface area is 128 Å². The number of carbonyl (C=O) groups is 1. The lowest BCUT2D eigenvalue weighted by molar-refractivity contribution is -0.140. The van der Waals surface area contributed by atoms with E-state index in [9.17, 15) is 9.90 Å². The zero-order valence-corrected chi connectivity index (χ0v) is 13.8. The van der Waals surface area contributed by atoms with Gasteiger partial charge in [-0.25, -0.2) is 0 Å². The van der Waals surface area contributed by atoms with Gasteiger partial charge < -0.3 is 19.8 Å². The lowest BCUT2D eigenvalue weighted by atomic mass is 9.87. The first-order valence-corrected chi connectivity index (χ1v) is 8.40. The van der Waals surface area contributed by atoms with Crippen molar-refractivity contribution in [2.75, 3.05) is 45.8 Å². The molecule has 122 valence electrons. The van der Waals surface area contributed by atoms with Gasteiger partial charge in [-0.15, -0.1) is 0 Å². The highest BCUT2D eigenvalue weighted by Crippen LogP contribution is 2.27. The summed E-state index contributed by atoms with van der Waals surface area (Å²) in [6, 6.07) is 0.521. The molecule has 21 heavy (non-hydrogen) atoms. The summed E-state index contributed by atoms with van der Waals surface area (Å²) in [6.45, 7) is 12.9. The molecule has 5 nitrogen and oxygen atoms in total. The van der Waals surface area contributed by atoms with Crippen molar-refractivity contribution in [1.82, 2.24) is 14.7 Å². The Morgan fingerprint density at radius 2 is 1.67 bits per heavy atom. The number of hydrogen-bond donors (Lipinski definition) is 1. The molecule has 2 aliphatic rings. The molecule has 2 fully saturated rings. The number of piperidine rings is 1. The molecule has 0 spiro atoms. The minimum atomic E-state index is -0.787. The van der Waals surface area contributed by atoms with Crippen molar-refractivity contribution < 1.29 is 9.90 Å². The molecule has 0 bridgehead atoms. The van der Waals surface area contributed by atoms with Gasteiger partial charge in [0.05, 0.1) is 12.0 Å². The van der Waals surface area contributed by atoms with E-state index in [1.165, 1.54) is 0 Å². The Kier molecular flexibility index (Phi) is 5.63. The summed E-state index contributed by atoms with van der Waals surface area (Å²) in [4.78, 5) is 19.1. The van der Waals surface area contributed by atoms with Crippen LogP contribution in [0.2, 0.25) is 0 Å². The van der Waals surface area contributed by atoms with Crippen molar-refractivity contribution in [2.45, 2.75) is 51.7 Å². The minimum Gasteiger partial charge on any atom is -0.389 e. The second-order valence-corrected chi connectivity index (χ2v) is 6.85. The molecule has 0 aromatic rings. The Morgan fingerprint density at radius 3 is 2.14 bits per heavy atom. The van der Waals surface area contributed by atoms with E-state index in [2.05, 4.69) is 30.6 Å². The van der Waals surface area contributed by atoms with E-state index in [-0.39, 0.29) is 5.91 Å². The summed E-state index contributed by atoms with van der Waals surface area (Å²) in [7, 11) is 0. The molecule has 1 N–H and O–H groups in total. The number of piperazine rings is 1. The monoisotopic (exact) mass is 297 g/mol. The van der Waals surface area contributed by atoms with Gasteiger partial charge in [-0.05, 0) is 33.2 Å². The zero-order valence-electron chi connectivity index (χ0n) is 13.8. The molecular weight excluding hydrogens is 266 g/mol. The van der Waals surface area contributed by atoms with E-state index in [1.54, 1.807) is 0 Å². The van der Waals surface area contributed by atoms with Crippen LogP contribution in [0.3, 0.4) is 0 Å². The average Bonchev–Trinajstić information content (AvgIpc) is 2.47. The van der Waals surface area contributed by atoms with Crippen LogP contribution >= 0.6 is 0 Å². The van der Waals surface area contributed by atoms with Crippen molar-refractivity contribution in [3.8, 4) is 0 Å². The predicted molar refractivity (Wildman–Crippen MR) is 84.2 cm³/mol. The number of likely N-dealkylation sites (N-methyl/N-ethyl adjacent to an activating group) is 1. The maximum Gasteiger partial charge on any atom is 0.225 e. The van der Waals surface area contributed by atoms with E-state index < -0.39 is 5.60 Å². The Bertz CT molecular complexity index is 343. The summed E-state index contributed by atoms with van der Waals surface area (Å²) >= 11 is 0. The van der Waals surface area contributed by atoms with Crippen LogP contribution in [-0.4, -0.2) is 83.2 Å². The van der Waals surface area contributed by atoms with E-state index >= 15 is 0 Å². The maximum atomic E-state index is 12.4. The molecule has 0 aliphatic carbocycles. The lowest BCUT2D eigenvalue weighted by Gasteiger charge is -2.41. The smallest absolute Gasteiger partial charge is 0.225 e. The SMILES string of the molecule is CCN1CCN(C(=O)CC2(O)CCN(C(C)C)CC2)CC1. The van der Waals surface area contributed by atoms with Crippen molar-refractivity contribution in [1.29, 1.82) is 0 Å². The van der Waals surface area contributed by atoms with Gasteiger partial charge in [0.2, 0.25) is 5.91 Å². The molecule has 2 rings (SSSR count). The molecule has 0 radical (unpaired) electrons. The number of rotatable bonds is 4. The van der Waals surface area contributed by atoms with Crippen molar-refractivity contribution in [3.63, 3.8) is 0 Å². The van der Waals surface area contributed by atoms with Crippen molar-refractivity contribution >= 4 is 5.91 Å². The third-order valence-electron chi connectivity index (χ3n) is 5.11. The van der Waals surface area contributed by atoms with E-state index in [0.29, 0.717) is 25.3 Å². The highest BCUT2D eigenvalue weighted by atomic mass is 16.3. The molecule has 0 unspecified atom stereocenters. The highest BCUT2D eigenvalue weighted by Gasteiger charge is 2.36. The Hall–Kier alpha value is -0.650. The number of likely N-dealkylation sites (tertiary alicyclic amines) is 1. The van der Waals surface area contributed by atoms with Gasteiger partial charge in [0.15, 0.2) is 0 Å². The van der Waals surface area contributed by atoms with Gasteiger partial charge in [-0.3, -0.25) is 4.79 Å². The third-order valence-corrected chi connectivity index (χ3v) is 5.11. The number of hydrogen-bond acceptors (Lipinski definition) is 4. The minimum absolute atomic E-state index is 0.131. The summed E-state index contributed by atoms with van der Waals surface area (Å²) in [6.07, 6.45) is 1.72. The molecule has 0 aromatic heterocycles. The van der Waals surface area contributed by atoms with Gasteiger partial charge >= 0.3 is 0 Å². The fourth-order valence-corrected chi connectivity index (χ4v) is 3.34. The molecule has 2 aliphatic heterocycles. The molecule has 5 heteroatoms. The summed E-state index contributed by atoms with van der Waals surface area (Å²) in [5, 5.41) is 10.7. The van der Waals surface area contributed by atoms with Crippen LogP contribution in [-0.2, 0) is 4.79 Å². The molecule has 0 saturated carbocycles. The van der Waals surface area contributed by atoms with Gasteiger partial charge in [0.25, 0.3) is 0 Å². The normalized spacial score (nSPS) is 24.5. The molecule has 2 heterocycles. The second kappa shape index (κ2) is 7.07. The zero-order chi connectivity index (χ0) is 15.5. The van der Waals surface area contributed by atoms with Crippen LogP contribution in [0.5, 0.6) is 0 Å². The fourth-order valence-electron chi connectivity index (χ4n) is 3.34. The predicted octanol–water partition coefficient (Wildman–Crippen LogP) is 0.776. The molecule has 2 saturated heterocycles. The first-order valence-electron chi connectivity index (χ1n) is 8.40. The first kappa shape index (κ1) is 16.7. The van der Waals surface area contributed by atoms with Crippen LogP contribution in [0, 0.1) is 0 Å². The third kappa shape index (κ3) is 4.41. The number of aliphatic hydroxyl groups is 1. The van der Waals surface area contributed by atoms with E-state index in [0.717, 1.165) is 45.8 Å². The van der Waals surface area contributed by atoms with Gasteiger partial charge in [-0.1, -0.05) is 6.92 Å². The Morgan fingerprint density at radius 1 is 1.10 bits per heavy atom. The van der Waals surface area contributed by atoms with Crippen LogP contribution in [0.4, 0.5) is 0 Å². The first-order chi connectivity index (χ1) is 9.93. The number of amides is 1. The molecule has 1 amide bonds. The van der Waals surface area contributed by atoms with Gasteiger partial charge in [0, 0.05) is 45.3 Å². The summed E-state index contributed by atoms with van der Waals surface area (Å²) < 4.78 is 0. The van der Waals surface area contributed by atoms with E-state index in [4.69, 9.17) is 0 Å². The van der Waals surface area contributed by atoms with Crippen molar-refractivity contribution in [3.05, 3.63) is 0 Å². The van der Waals surface area contributed by atoms with Crippen LogP contribution < -0.4 is 0 Å². The quantitative estimate of drug-likeness (QED) is 0.833. The Balaban J connectivity index is 1.80. The van der Waals surface area contributed by atoms with Crippen LogP contribution in [0.1, 0.15) is 40.0 Å². The van der Waals surface area contributed by atoms with E-state index in [1.807, 2.05) is 4.90 Å². The maximum absolute atomic E-state index is 12.4.